The maximum absolute atomic E-state index is 11.7. The Morgan fingerprint density at radius 2 is 1.65 bits per heavy atom. The number of hydrogen-bond acceptors (Lipinski definition) is 2. The molecular formula is C12H20N2O3. The molecule has 0 spiro atoms. The van der Waals surface area contributed by atoms with E-state index in [-0.39, 0.29) is 12.1 Å². The summed E-state index contributed by atoms with van der Waals surface area (Å²) in [5, 5.41) is 14.8. The van der Waals surface area contributed by atoms with Gasteiger partial charge in [0.15, 0.2) is 0 Å². The molecule has 5 heteroatoms. The van der Waals surface area contributed by atoms with Crippen molar-refractivity contribution in [2.75, 3.05) is 0 Å². The van der Waals surface area contributed by atoms with Crippen molar-refractivity contribution in [2.24, 2.45) is 5.92 Å². The van der Waals surface area contributed by atoms with Crippen molar-refractivity contribution in [1.82, 2.24) is 10.6 Å². The van der Waals surface area contributed by atoms with Crippen molar-refractivity contribution in [1.29, 1.82) is 0 Å². The Labute approximate surface area is 101 Å². The van der Waals surface area contributed by atoms with Gasteiger partial charge in [0.05, 0.1) is 5.92 Å². The molecule has 0 aromatic rings. The fraction of sp³-hybridized carbons (Fsp3) is 0.833. The molecule has 2 amide bonds. The summed E-state index contributed by atoms with van der Waals surface area (Å²) in [5.41, 5.74) is 0. The molecule has 2 saturated carbocycles. The Morgan fingerprint density at radius 1 is 0.941 bits per heavy atom. The smallest absolute Gasteiger partial charge is 0.315 e. The molecule has 0 aromatic heterocycles. The Hall–Kier alpha value is -1.26. The summed E-state index contributed by atoms with van der Waals surface area (Å²) in [7, 11) is 0. The number of hydrogen-bond donors (Lipinski definition) is 3. The van der Waals surface area contributed by atoms with Crippen molar-refractivity contribution in [3.05, 3.63) is 0 Å². The van der Waals surface area contributed by atoms with E-state index in [2.05, 4.69) is 10.6 Å². The van der Waals surface area contributed by atoms with E-state index in [0.29, 0.717) is 12.5 Å². The zero-order valence-corrected chi connectivity index (χ0v) is 9.95. The van der Waals surface area contributed by atoms with Gasteiger partial charge in [-0.3, -0.25) is 4.79 Å². The molecule has 0 bridgehead atoms. The van der Waals surface area contributed by atoms with Crippen molar-refractivity contribution in [3.63, 3.8) is 0 Å². The molecule has 0 aromatic carbocycles. The highest BCUT2D eigenvalue weighted by molar-refractivity contribution is 5.77. The minimum atomic E-state index is -0.793. The maximum atomic E-state index is 11.7. The molecule has 17 heavy (non-hydrogen) atoms. The number of aliphatic carboxylic acids is 1. The lowest BCUT2D eigenvalue weighted by atomic mass is 9.84. The molecule has 5 nitrogen and oxygen atoms in total. The summed E-state index contributed by atoms with van der Waals surface area (Å²) in [6.07, 6.45) is 6.64. The van der Waals surface area contributed by atoms with E-state index in [1.807, 2.05) is 0 Å². The normalized spacial score (nSPS) is 29.2. The summed E-state index contributed by atoms with van der Waals surface area (Å²) >= 11 is 0. The second-order valence-electron chi connectivity index (χ2n) is 5.08. The van der Waals surface area contributed by atoms with Crippen LogP contribution in [0.2, 0.25) is 0 Å². The predicted molar refractivity (Wildman–Crippen MR) is 62.7 cm³/mol. The summed E-state index contributed by atoms with van der Waals surface area (Å²) < 4.78 is 0. The third-order valence-corrected chi connectivity index (χ3v) is 3.84. The highest BCUT2D eigenvalue weighted by atomic mass is 16.4. The molecule has 2 fully saturated rings. The van der Waals surface area contributed by atoms with Crippen LogP contribution in [0.1, 0.15) is 44.9 Å². The third kappa shape index (κ3) is 3.11. The molecular weight excluding hydrogens is 220 g/mol. The van der Waals surface area contributed by atoms with Crippen molar-refractivity contribution in [3.8, 4) is 0 Å². The fourth-order valence-corrected chi connectivity index (χ4v) is 2.55. The van der Waals surface area contributed by atoms with Gasteiger partial charge in [-0.25, -0.2) is 4.79 Å². The summed E-state index contributed by atoms with van der Waals surface area (Å²) in [4.78, 5) is 22.7. The molecule has 3 N–H and O–H groups in total. The molecule has 0 heterocycles. The quantitative estimate of drug-likeness (QED) is 0.699. The van der Waals surface area contributed by atoms with Crippen molar-refractivity contribution >= 4 is 12.0 Å². The second-order valence-corrected chi connectivity index (χ2v) is 5.08. The van der Waals surface area contributed by atoms with Gasteiger partial charge in [-0.05, 0) is 32.1 Å². The van der Waals surface area contributed by atoms with Crippen LogP contribution in [0, 0.1) is 5.92 Å². The zero-order valence-electron chi connectivity index (χ0n) is 9.95. The van der Waals surface area contributed by atoms with Crippen LogP contribution in [0.15, 0.2) is 0 Å². The van der Waals surface area contributed by atoms with Gasteiger partial charge in [0.25, 0.3) is 0 Å². The number of carbonyl (C=O) groups is 2. The van der Waals surface area contributed by atoms with E-state index >= 15 is 0 Å². The van der Waals surface area contributed by atoms with Gasteiger partial charge in [0.1, 0.15) is 0 Å². The molecule has 2 rings (SSSR count). The van der Waals surface area contributed by atoms with Gasteiger partial charge in [0, 0.05) is 12.1 Å². The Morgan fingerprint density at radius 3 is 2.24 bits per heavy atom. The van der Waals surface area contributed by atoms with Crippen LogP contribution in [0.4, 0.5) is 4.79 Å². The average molecular weight is 240 g/mol. The maximum Gasteiger partial charge on any atom is 0.315 e. The second kappa shape index (κ2) is 5.38. The van der Waals surface area contributed by atoms with Gasteiger partial charge < -0.3 is 15.7 Å². The number of carboxylic acid groups (broad SMARTS) is 1. The molecule has 0 aliphatic heterocycles. The number of amides is 2. The molecule has 2 aliphatic rings. The van der Waals surface area contributed by atoms with E-state index in [9.17, 15) is 9.59 Å². The molecule has 2 atom stereocenters. The summed E-state index contributed by atoms with van der Waals surface area (Å²) in [5.74, 6) is -1.21. The van der Waals surface area contributed by atoms with Crippen molar-refractivity contribution < 1.29 is 14.7 Å². The lowest BCUT2D eigenvalue weighted by Gasteiger charge is -2.31. The van der Waals surface area contributed by atoms with Gasteiger partial charge in [-0.1, -0.05) is 12.8 Å². The van der Waals surface area contributed by atoms with Crippen LogP contribution in [0.5, 0.6) is 0 Å². The first-order valence-electron chi connectivity index (χ1n) is 6.46. The number of nitrogens with one attached hydrogen (secondary N) is 2. The minimum absolute atomic E-state index is 0.201. The molecule has 2 unspecified atom stereocenters. The first-order valence-corrected chi connectivity index (χ1v) is 6.46. The Balaban J connectivity index is 1.82. The standard InChI is InChI=1S/C12H20N2O3/c15-11(16)9-6-1-2-7-10(9)14-12(17)13-8-4-3-5-8/h8-10H,1-7H2,(H,15,16)(H2,13,14,17). The Kier molecular flexibility index (Phi) is 3.86. The first kappa shape index (κ1) is 12.2. The molecule has 2 aliphatic carbocycles. The lowest BCUT2D eigenvalue weighted by molar-refractivity contribution is -0.143. The molecule has 96 valence electrons. The predicted octanol–water partition coefficient (Wildman–Crippen LogP) is 1.48. The van der Waals surface area contributed by atoms with Crippen LogP contribution in [-0.2, 0) is 4.79 Å². The van der Waals surface area contributed by atoms with Crippen LogP contribution < -0.4 is 10.6 Å². The van der Waals surface area contributed by atoms with E-state index in [1.165, 1.54) is 6.42 Å². The average Bonchev–Trinajstić information content (AvgIpc) is 2.24. The van der Waals surface area contributed by atoms with E-state index in [0.717, 1.165) is 32.1 Å². The number of urea groups is 1. The van der Waals surface area contributed by atoms with Gasteiger partial charge in [-0.2, -0.15) is 0 Å². The third-order valence-electron chi connectivity index (χ3n) is 3.84. The van der Waals surface area contributed by atoms with Gasteiger partial charge in [-0.15, -0.1) is 0 Å². The monoisotopic (exact) mass is 240 g/mol. The lowest BCUT2D eigenvalue weighted by Crippen LogP contribution is -2.52. The summed E-state index contributed by atoms with van der Waals surface area (Å²) in [6, 6.07) is -0.115. The fourth-order valence-electron chi connectivity index (χ4n) is 2.55. The van der Waals surface area contributed by atoms with Crippen LogP contribution in [0.25, 0.3) is 0 Å². The van der Waals surface area contributed by atoms with Crippen LogP contribution in [0.3, 0.4) is 0 Å². The summed E-state index contributed by atoms with van der Waals surface area (Å²) in [6.45, 7) is 0. The zero-order chi connectivity index (χ0) is 12.3. The van der Waals surface area contributed by atoms with Crippen LogP contribution in [-0.4, -0.2) is 29.2 Å². The Bertz CT molecular complexity index is 302. The first-order chi connectivity index (χ1) is 8.16. The van der Waals surface area contributed by atoms with Crippen molar-refractivity contribution in [2.45, 2.75) is 57.0 Å². The number of carbonyl (C=O) groups excluding carboxylic acids is 1. The minimum Gasteiger partial charge on any atom is -0.481 e. The largest absolute Gasteiger partial charge is 0.481 e. The highest BCUT2D eigenvalue weighted by Crippen LogP contribution is 2.25. The topological polar surface area (TPSA) is 78.4 Å². The van der Waals surface area contributed by atoms with E-state index < -0.39 is 11.9 Å². The van der Waals surface area contributed by atoms with E-state index in [4.69, 9.17) is 5.11 Å². The van der Waals surface area contributed by atoms with Gasteiger partial charge >= 0.3 is 12.0 Å². The highest BCUT2D eigenvalue weighted by Gasteiger charge is 2.32. The van der Waals surface area contributed by atoms with Gasteiger partial charge in [0.2, 0.25) is 0 Å². The van der Waals surface area contributed by atoms with Crippen LogP contribution >= 0.6 is 0 Å². The number of carboxylic acids is 1. The molecule has 0 saturated heterocycles. The molecule has 0 radical (unpaired) electrons. The van der Waals surface area contributed by atoms with E-state index in [1.54, 1.807) is 0 Å². The SMILES string of the molecule is O=C(NC1CCC1)NC1CCCCC1C(=O)O. The number of rotatable bonds is 3.